The average Bonchev–Trinajstić information content (AvgIpc) is 3.05. The number of hydrogen-bond donors (Lipinski definition) is 0. The number of thiazole rings is 1. The van der Waals surface area contributed by atoms with Crippen LogP contribution in [0.3, 0.4) is 0 Å². The number of hydrogen-bond acceptors (Lipinski definition) is 6. The van der Waals surface area contributed by atoms with Crippen molar-refractivity contribution in [1.29, 1.82) is 0 Å². The Morgan fingerprint density at radius 2 is 2.30 bits per heavy atom. The van der Waals surface area contributed by atoms with Gasteiger partial charge in [-0.3, -0.25) is 0 Å². The van der Waals surface area contributed by atoms with Gasteiger partial charge in [0.05, 0.1) is 6.61 Å². The highest BCUT2D eigenvalue weighted by atomic mass is 32.1. The predicted octanol–water partition coefficient (Wildman–Crippen LogP) is 3.37. The lowest BCUT2D eigenvalue weighted by molar-refractivity contribution is 0.0519. The number of rotatable bonds is 6. The van der Waals surface area contributed by atoms with Crippen molar-refractivity contribution >= 4 is 33.8 Å². The van der Waals surface area contributed by atoms with Gasteiger partial charge >= 0.3 is 5.97 Å². The van der Waals surface area contributed by atoms with Gasteiger partial charge in [0.15, 0.2) is 10.8 Å². The average molecular weight is 310 g/mol. The van der Waals surface area contributed by atoms with Gasteiger partial charge in [0.25, 0.3) is 0 Å². The highest BCUT2D eigenvalue weighted by Crippen LogP contribution is 2.25. The highest BCUT2D eigenvalue weighted by molar-refractivity contribution is 7.15. The van der Waals surface area contributed by atoms with Crippen LogP contribution in [0.25, 0.3) is 0 Å². The van der Waals surface area contributed by atoms with Crippen LogP contribution in [-0.4, -0.2) is 31.2 Å². The van der Waals surface area contributed by atoms with E-state index in [1.165, 1.54) is 16.2 Å². The molecule has 0 N–H and O–H groups in total. The Hall–Kier alpha value is -1.40. The summed E-state index contributed by atoms with van der Waals surface area (Å²) >= 11 is 3.29. The Morgan fingerprint density at radius 3 is 2.95 bits per heavy atom. The number of anilines is 1. The zero-order valence-corrected chi connectivity index (χ0v) is 13.5. The fourth-order valence-corrected chi connectivity index (χ4v) is 3.34. The summed E-state index contributed by atoms with van der Waals surface area (Å²) in [6.07, 6.45) is 0.988. The quantitative estimate of drug-likeness (QED) is 0.767. The maximum Gasteiger partial charge on any atom is 0.358 e. The molecule has 2 rings (SSSR count). The van der Waals surface area contributed by atoms with Gasteiger partial charge in [-0.1, -0.05) is 6.07 Å². The van der Waals surface area contributed by atoms with E-state index in [2.05, 4.69) is 27.4 Å². The summed E-state index contributed by atoms with van der Waals surface area (Å²) in [5.74, 6) is -0.334. The molecule has 0 fully saturated rings. The fraction of sp³-hybridized carbons (Fsp3) is 0.429. The number of thiophene rings is 1. The van der Waals surface area contributed by atoms with Gasteiger partial charge in [-0.2, -0.15) is 0 Å². The molecule has 2 aromatic heterocycles. The first-order valence-corrected chi connectivity index (χ1v) is 8.19. The van der Waals surface area contributed by atoms with Crippen LogP contribution in [0.5, 0.6) is 0 Å². The number of nitrogens with zero attached hydrogens (tertiary/aromatic N) is 2. The number of carbonyl (C=O) groups is 1. The van der Waals surface area contributed by atoms with Crippen LogP contribution in [0.2, 0.25) is 0 Å². The molecule has 2 heterocycles. The molecule has 0 aliphatic carbocycles. The van der Waals surface area contributed by atoms with Crippen molar-refractivity contribution in [3.05, 3.63) is 33.0 Å². The van der Waals surface area contributed by atoms with E-state index in [4.69, 9.17) is 4.74 Å². The first-order valence-electron chi connectivity index (χ1n) is 6.50. The van der Waals surface area contributed by atoms with Gasteiger partial charge < -0.3 is 9.64 Å². The third kappa shape index (κ3) is 3.58. The van der Waals surface area contributed by atoms with Crippen LogP contribution < -0.4 is 4.90 Å². The summed E-state index contributed by atoms with van der Waals surface area (Å²) in [4.78, 5) is 20.5. The van der Waals surface area contributed by atoms with E-state index in [9.17, 15) is 4.79 Å². The molecule has 0 bridgehead atoms. The molecule has 0 radical (unpaired) electrons. The molecule has 0 aromatic carbocycles. The number of likely N-dealkylation sites (N-methyl/N-ethyl adjacent to an activating group) is 1. The molecule has 2 aromatic rings. The number of esters is 1. The third-order valence-electron chi connectivity index (χ3n) is 2.85. The number of carbonyl (C=O) groups excluding carboxylic acids is 1. The number of ether oxygens (including phenoxy) is 1. The monoisotopic (exact) mass is 310 g/mol. The molecule has 0 amide bonds. The second-order valence-electron chi connectivity index (χ2n) is 4.37. The topological polar surface area (TPSA) is 42.4 Å². The fourth-order valence-electron chi connectivity index (χ4n) is 1.76. The molecule has 0 saturated carbocycles. The van der Waals surface area contributed by atoms with E-state index in [1.54, 1.807) is 18.3 Å². The van der Waals surface area contributed by atoms with Gasteiger partial charge in [-0.15, -0.1) is 22.7 Å². The summed E-state index contributed by atoms with van der Waals surface area (Å²) < 4.78 is 5.01. The van der Waals surface area contributed by atoms with E-state index in [1.807, 2.05) is 14.0 Å². The second kappa shape index (κ2) is 6.85. The van der Waals surface area contributed by atoms with Crippen molar-refractivity contribution in [2.45, 2.75) is 20.3 Å². The summed E-state index contributed by atoms with van der Waals surface area (Å²) in [6, 6.07) is 4.20. The Morgan fingerprint density at radius 1 is 1.50 bits per heavy atom. The molecule has 4 nitrogen and oxygen atoms in total. The first kappa shape index (κ1) is 15.0. The molecule has 0 unspecified atom stereocenters. The minimum absolute atomic E-state index is 0.334. The van der Waals surface area contributed by atoms with Crippen molar-refractivity contribution < 1.29 is 9.53 Å². The van der Waals surface area contributed by atoms with Crippen LogP contribution in [0.1, 0.15) is 27.2 Å². The van der Waals surface area contributed by atoms with Crippen LogP contribution in [0, 0.1) is 6.92 Å². The van der Waals surface area contributed by atoms with Gasteiger partial charge in [0.1, 0.15) is 0 Å². The minimum atomic E-state index is -0.334. The molecule has 0 saturated heterocycles. The lowest BCUT2D eigenvalue weighted by Crippen LogP contribution is -2.20. The molecule has 20 heavy (non-hydrogen) atoms. The number of aromatic nitrogens is 1. The van der Waals surface area contributed by atoms with Crippen LogP contribution in [0.15, 0.2) is 17.5 Å². The maximum atomic E-state index is 11.8. The summed E-state index contributed by atoms with van der Waals surface area (Å²) in [5, 5.41) is 2.95. The Kier molecular flexibility index (Phi) is 5.14. The van der Waals surface area contributed by atoms with E-state index in [0.717, 1.165) is 23.0 Å². The SMILES string of the molecule is CCOC(=O)c1nc(N(C)CCc2cccs2)sc1C. The Labute approximate surface area is 127 Å². The summed E-state index contributed by atoms with van der Waals surface area (Å²) in [5.41, 5.74) is 0.440. The van der Waals surface area contributed by atoms with Gasteiger partial charge in [-0.25, -0.2) is 9.78 Å². The summed E-state index contributed by atoms with van der Waals surface area (Å²) in [6.45, 7) is 4.96. The molecular weight excluding hydrogens is 292 g/mol. The molecule has 6 heteroatoms. The van der Waals surface area contributed by atoms with Crippen molar-refractivity contribution in [2.24, 2.45) is 0 Å². The van der Waals surface area contributed by atoms with Crippen LogP contribution in [0.4, 0.5) is 5.13 Å². The van der Waals surface area contributed by atoms with E-state index >= 15 is 0 Å². The smallest absolute Gasteiger partial charge is 0.358 e. The Balaban J connectivity index is 2.01. The second-order valence-corrected chi connectivity index (χ2v) is 6.59. The van der Waals surface area contributed by atoms with Gasteiger partial charge in [0, 0.05) is 23.3 Å². The molecular formula is C14H18N2O2S2. The minimum Gasteiger partial charge on any atom is -0.461 e. The van der Waals surface area contributed by atoms with E-state index in [0.29, 0.717) is 12.3 Å². The molecule has 0 aliphatic rings. The van der Waals surface area contributed by atoms with Gasteiger partial charge in [-0.05, 0) is 31.7 Å². The van der Waals surface area contributed by atoms with Crippen molar-refractivity contribution in [2.75, 3.05) is 25.1 Å². The predicted molar refractivity (Wildman–Crippen MR) is 84.1 cm³/mol. The maximum absolute atomic E-state index is 11.8. The van der Waals surface area contributed by atoms with Crippen LogP contribution >= 0.6 is 22.7 Å². The number of aryl methyl sites for hydroxylation is 1. The first-order chi connectivity index (χ1) is 9.61. The lowest BCUT2D eigenvalue weighted by atomic mass is 10.3. The standard InChI is InChI=1S/C14H18N2O2S2/c1-4-18-13(17)12-10(2)20-14(15-12)16(3)8-7-11-6-5-9-19-11/h5-6,9H,4,7-8H2,1-3H3. The van der Waals surface area contributed by atoms with Crippen molar-refractivity contribution in [1.82, 2.24) is 4.98 Å². The highest BCUT2D eigenvalue weighted by Gasteiger charge is 2.18. The Bertz CT molecular complexity index is 564. The molecule has 108 valence electrons. The normalized spacial score (nSPS) is 10.6. The molecule has 0 spiro atoms. The summed E-state index contributed by atoms with van der Waals surface area (Å²) in [7, 11) is 2.00. The molecule has 0 aliphatic heterocycles. The zero-order valence-electron chi connectivity index (χ0n) is 11.9. The van der Waals surface area contributed by atoms with E-state index < -0.39 is 0 Å². The largest absolute Gasteiger partial charge is 0.461 e. The lowest BCUT2D eigenvalue weighted by Gasteiger charge is -2.14. The zero-order chi connectivity index (χ0) is 14.5. The van der Waals surface area contributed by atoms with Crippen molar-refractivity contribution in [3.63, 3.8) is 0 Å². The third-order valence-corrected chi connectivity index (χ3v) is 4.88. The van der Waals surface area contributed by atoms with E-state index in [-0.39, 0.29) is 5.97 Å². The van der Waals surface area contributed by atoms with Gasteiger partial charge in [0.2, 0.25) is 0 Å². The molecule has 0 atom stereocenters. The van der Waals surface area contributed by atoms with Crippen LogP contribution in [-0.2, 0) is 11.2 Å². The van der Waals surface area contributed by atoms with Crippen molar-refractivity contribution in [3.8, 4) is 0 Å².